The zero-order valence-electron chi connectivity index (χ0n) is 20.3. The second-order valence-corrected chi connectivity index (χ2v) is 10.6. The van der Waals surface area contributed by atoms with Crippen molar-refractivity contribution in [3.63, 3.8) is 0 Å². The molecule has 202 valence electrons. The van der Waals surface area contributed by atoms with Gasteiger partial charge in [-0.05, 0) is 30.7 Å². The smallest absolute Gasteiger partial charge is 0.352 e. The Morgan fingerprint density at radius 1 is 0.921 bits per heavy atom. The standard InChI is InChI=1S/C25H26F3N5O4S/c26-25(27,28)23-21(18-33(30-23)19-8-3-1-4-9-19)24(35)29-13-7-12-22(34)31-14-16-32(17-15-31)38(36,37)20-10-5-2-6-11-20/h1-6,8-11,18H,7,12-17H2,(H,29,35). The molecule has 3 aromatic rings. The average Bonchev–Trinajstić information content (AvgIpc) is 3.39. The van der Waals surface area contributed by atoms with Gasteiger partial charge in [-0.25, -0.2) is 13.1 Å². The van der Waals surface area contributed by atoms with E-state index >= 15 is 0 Å². The molecule has 4 rings (SSSR count). The molecule has 2 heterocycles. The Bertz CT molecular complexity index is 1370. The number of carbonyl (C=O) groups excluding carboxylic acids is 2. The van der Waals surface area contributed by atoms with Crippen LogP contribution in [-0.4, -0.2) is 71.9 Å². The number of halogens is 3. The van der Waals surface area contributed by atoms with Gasteiger partial charge in [-0.15, -0.1) is 0 Å². The molecule has 1 aliphatic rings. The lowest BCUT2D eigenvalue weighted by molar-refractivity contribution is -0.141. The molecule has 2 amide bonds. The van der Waals surface area contributed by atoms with Crippen LogP contribution in [0.15, 0.2) is 71.8 Å². The Morgan fingerprint density at radius 3 is 2.13 bits per heavy atom. The Kier molecular flexibility index (Phi) is 8.17. The van der Waals surface area contributed by atoms with Crippen molar-refractivity contribution in [1.82, 2.24) is 24.3 Å². The molecule has 0 aliphatic carbocycles. The molecule has 0 unspecified atom stereocenters. The first-order valence-electron chi connectivity index (χ1n) is 11.9. The second-order valence-electron chi connectivity index (χ2n) is 8.63. The lowest BCUT2D eigenvalue weighted by atomic mass is 10.2. The van der Waals surface area contributed by atoms with Crippen LogP contribution in [0.5, 0.6) is 0 Å². The van der Waals surface area contributed by atoms with Crippen LogP contribution >= 0.6 is 0 Å². The number of nitrogens with zero attached hydrogens (tertiary/aromatic N) is 4. The highest BCUT2D eigenvalue weighted by Crippen LogP contribution is 2.31. The van der Waals surface area contributed by atoms with Crippen LogP contribution in [0.2, 0.25) is 0 Å². The van der Waals surface area contributed by atoms with Crippen molar-refractivity contribution in [2.24, 2.45) is 0 Å². The summed E-state index contributed by atoms with van der Waals surface area (Å²) in [6.45, 7) is 0.757. The topological polar surface area (TPSA) is 105 Å². The van der Waals surface area contributed by atoms with Gasteiger partial charge in [0.2, 0.25) is 15.9 Å². The number of alkyl halides is 3. The number of piperazine rings is 1. The summed E-state index contributed by atoms with van der Waals surface area (Å²) < 4.78 is 68.3. The van der Waals surface area contributed by atoms with E-state index in [0.717, 1.165) is 10.9 Å². The molecule has 13 heteroatoms. The maximum atomic E-state index is 13.5. The van der Waals surface area contributed by atoms with E-state index in [9.17, 15) is 31.2 Å². The molecular weight excluding hydrogens is 523 g/mol. The van der Waals surface area contributed by atoms with Crippen molar-refractivity contribution in [2.75, 3.05) is 32.7 Å². The van der Waals surface area contributed by atoms with Crippen LogP contribution in [0.1, 0.15) is 28.9 Å². The molecular formula is C25H26F3N5O4S. The lowest BCUT2D eigenvalue weighted by Gasteiger charge is -2.34. The molecule has 38 heavy (non-hydrogen) atoms. The maximum Gasteiger partial charge on any atom is 0.435 e. The van der Waals surface area contributed by atoms with Crippen LogP contribution in [0.4, 0.5) is 13.2 Å². The number of para-hydroxylation sites is 1. The van der Waals surface area contributed by atoms with E-state index in [1.165, 1.54) is 16.4 Å². The van der Waals surface area contributed by atoms with Crippen molar-refractivity contribution >= 4 is 21.8 Å². The summed E-state index contributed by atoms with van der Waals surface area (Å²) >= 11 is 0. The summed E-state index contributed by atoms with van der Waals surface area (Å²) in [7, 11) is -3.64. The van der Waals surface area contributed by atoms with Crippen molar-refractivity contribution in [3.8, 4) is 5.69 Å². The molecule has 1 aromatic heterocycles. The van der Waals surface area contributed by atoms with Gasteiger partial charge < -0.3 is 10.2 Å². The SMILES string of the molecule is O=C(NCCCC(=O)N1CCN(S(=O)(=O)c2ccccc2)CC1)c1cn(-c2ccccc2)nc1C(F)(F)F. The van der Waals surface area contributed by atoms with Gasteiger partial charge in [0.1, 0.15) is 0 Å². The summed E-state index contributed by atoms with van der Waals surface area (Å²) in [5.74, 6) is -1.16. The minimum atomic E-state index is -4.82. The average molecular weight is 550 g/mol. The number of hydrogen-bond donors (Lipinski definition) is 1. The molecule has 1 fully saturated rings. The monoisotopic (exact) mass is 549 g/mol. The van der Waals surface area contributed by atoms with Crippen molar-refractivity contribution in [2.45, 2.75) is 23.9 Å². The maximum absolute atomic E-state index is 13.5. The predicted octanol–water partition coefficient (Wildman–Crippen LogP) is 2.93. The normalized spacial score (nSPS) is 14.9. The molecule has 0 atom stereocenters. The molecule has 0 spiro atoms. The van der Waals surface area contributed by atoms with Gasteiger partial charge in [0, 0.05) is 45.3 Å². The van der Waals surface area contributed by atoms with E-state index in [1.54, 1.807) is 53.4 Å². The number of amides is 2. The summed E-state index contributed by atoms with van der Waals surface area (Å²) in [5, 5.41) is 5.99. The highest BCUT2D eigenvalue weighted by atomic mass is 32.2. The summed E-state index contributed by atoms with van der Waals surface area (Å²) in [6.07, 6.45) is -3.52. The molecule has 2 aromatic carbocycles. The first kappa shape index (κ1) is 27.3. The third-order valence-corrected chi connectivity index (χ3v) is 7.99. The molecule has 0 bridgehead atoms. The van der Waals surface area contributed by atoms with Gasteiger partial charge in [-0.2, -0.15) is 22.6 Å². The fraction of sp³-hybridized carbons (Fsp3) is 0.320. The van der Waals surface area contributed by atoms with Gasteiger partial charge in [0.25, 0.3) is 5.91 Å². The number of aromatic nitrogens is 2. The van der Waals surface area contributed by atoms with Gasteiger partial charge in [0.05, 0.1) is 16.1 Å². The van der Waals surface area contributed by atoms with Gasteiger partial charge in [0.15, 0.2) is 5.69 Å². The van der Waals surface area contributed by atoms with Gasteiger partial charge in [-0.3, -0.25) is 9.59 Å². The van der Waals surface area contributed by atoms with Gasteiger partial charge in [-0.1, -0.05) is 36.4 Å². The lowest BCUT2D eigenvalue weighted by Crippen LogP contribution is -2.50. The highest BCUT2D eigenvalue weighted by Gasteiger charge is 2.39. The van der Waals surface area contributed by atoms with E-state index in [4.69, 9.17) is 0 Å². The Hall–Kier alpha value is -3.71. The van der Waals surface area contributed by atoms with E-state index in [1.807, 2.05) is 0 Å². The second kappa shape index (κ2) is 11.4. The number of hydrogen-bond acceptors (Lipinski definition) is 5. The number of rotatable bonds is 8. The third kappa shape index (κ3) is 6.22. The van der Waals surface area contributed by atoms with E-state index in [-0.39, 0.29) is 56.4 Å². The van der Waals surface area contributed by atoms with Crippen LogP contribution in [0.25, 0.3) is 5.69 Å². The van der Waals surface area contributed by atoms with Crippen molar-refractivity contribution < 1.29 is 31.2 Å². The predicted molar refractivity (Wildman–Crippen MR) is 132 cm³/mol. The Morgan fingerprint density at radius 2 is 1.53 bits per heavy atom. The summed E-state index contributed by atoms with van der Waals surface area (Å²) in [5.41, 5.74) is -1.53. The molecule has 0 saturated carbocycles. The van der Waals surface area contributed by atoms with Crippen molar-refractivity contribution in [1.29, 1.82) is 0 Å². The van der Waals surface area contributed by atoms with Gasteiger partial charge >= 0.3 is 6.18 Å². The summed E-state index contributed by atoms with van der Waals surface area (Å²) in [6, 6.07) is 16.2. The van der Waals surface area contributed by atoms with Crippen LogP contribution in [-0.2, 0) is 21.0 Å². The largest absolute Gasteiger partial charge is 0.435 e. The quantitative estimate of drug-likeness (QED) is 0.435. The zero-order chi connectivity index (χ0) is 27.3. The van der Waals surface area contributed by atoms with Crippen LogP contribution < -0.4 is 5.32 Å². The number of sulfonamides is 1. The minimum Gasteiger partial charge on any atom is -0.352 e. The zero-order valence-corrected chi connectivity index (χ0v) is 21.1. The van der Waals surface area contributed by atoms with E-state index < -0.39 is 33.4 Å². The first-order valence-corrected chi connectivity index (χ1v) is 13.3. The van der Waals surface area contributed by atoms with Crippen LogP contribution in [0.3, 0.4) is 0 Å². The Balaban J connectivity index is 1.27. The van der Waals surface area contributed by atoms with Crippen LogP contribution in [0, 0.1) is 0 Å². The number of benzene rings is 2. The van der Waals surface area contributed by atoms with E-state index in [0.29, 0.717) is 5.69 Å². The fourth-order valence-electron chi connectivity index (χ4n) is 4.08. The highest BCUT2D eigenvalue weighted by molar-refractivity contribution is 7.89. The third-order valence-electron chi connectivity index (χ3n) is 6.07. The molecule has 9 nitrogen and oxygen atoms in total. The van der Waals surface area contributed by atoms with E-state index in [2.05, 4.69) is 10.4 Å². The first-order chi connectivity index (χ1) is 18.1. The minimum absolute atomic E-state index is 0.0132. The van der Waals surface area contributed by atoms with Crippen molar-refractivity contribution in [3.05, 3.63) is 78.1 Å². The summed E-state index contributed by atoms with van der Waals surface area (Å²) in [4.78, 5) is 26.8. The Labute approximate surface area is 217 Å². The molecule has 1 saturated heterocycles. The molecule has 1 aliphatic heterocycles. The molecule has 0 radical (unpaired) electrons. The number of carbonyl (C=O) groups is 2. The molecule has 1 N–H and O–H groups in total. The number of nitrogens with one attached hydrogen (secondary N) is 1. The fourth-order valence-corrected chi connectivity index (χ4v) is 5.52.